The molecule has 0 radical (unpaired) electrons. The van der Waals surface area contributed by atoms with Crippen molar-refractivity contribution < 1.29 is 24.6 Å². The van der Waals surface area contributed by atoms with E-state index in [-0.39, 0.29) is 17.1 Å². The predicted octanol–water partition coefficient (Wildman–Crippen LogP) is 1.90. The van der Waals surface area contributed by atoms with Gasteiger partial charge in [-0.15, -0.1) is 0 Å². The van der Waals surface area contributed by atoms with Gasteiger partial charge < -0.3 is 15.5 Å². The third-order valence-corrected chi connectivity index (χ3v) is 3.00. The highest BCUT2D eigenvalue weighted by atomic mass is 35.5. The van der Waals surface area contributed by atoms with Gasteiger partial charge in [-0.3, -0.25) is 14.4 Å². The molecule has 3 N–H and O–H groups in total. The smallest absolute Gasteiger partial charge is 0.308 e. The van der Waals surface area contributed by atoms with Crippen molar-refractivity contribution in [2.45, 2.75) is 6.42 Å². The fourth-order valence-electron chi connectivity index (χ4n) is 1.44. The standard InChI is InChI=1S/C12H11Cl2NO5/c13-7-1-2-8(9(14)4-7)11(18)15-5-6(12(19)20)3-10(16)17/h1-2,4,6H,3,5H2,(H,15,18)(H,16,17)(H,19,20). The van der Waals surface area contributed by atoms with Crippen LogP contribution in [0.25, 0.3) is 0 Å². The number of carbonyl (C=O) groups excluding carboxylic acids is 1. The Morgan fingerprint density at radius 1 is 1.20 bits per heavy atom. The van der Waals surface area contributed by atoms with Crippen LogP contribution in [0.2, 0.25) is 10.0 Å². The molecular formula is C12H11Cl2NO5. The highest BCUT2D eigenvalue weighted by Gasteiger charge is 2.22. The van der Waals surface area contributed by atoms with E-state index in [0.29, 0.717) is 5.02 Å². The molecule has 1 aromatic carbocycles. The quantitative estimate of drug-likeness (QED) is 0.743. The summed E-state index contributed by atoms with van der Waals surface area (Å²) in [4.78, 5) is 33.2. The summed E-state index contributed by atoms with van der Waals surface area (Å²) in [5, 5.41) is 20.2. The minimum absolute atomic E-state index is 0.125. The normalized spacial score (nSPS) is 11.7. The number of nitrogens with one attached hydrogen (secondary N) is 1. The van der Waals surface area contributed by atoms with Crippen LogP contribution in [0.15, 0.2) is 18.2 Å². The Bertz CT molecular complexity index is 547. The van der Waals surface area contributed by atoms with Crippen LogP contribution in [0.4, 0.5) is 0 Å². The summed E-state index contributed by atoms with van der Waals surface area (Å²) < 4.78 is 0. The maximum atomic E-state index is 11.8. The van der Waals surface area contributed by atoms with Crippen LogP contribution >= 0.6 is 23.2 Å². The molecule has 0 saturated carbocycles. The van der Waals surface area contributed by atoms with Gasteiger partial charge >= 0.3 is 11.9 Å². The third-order valence-electron chi connectivity index (χ3n) is 2.46. The molecule has 0 aliphatic carbocycles. The van der Waals surface area contributed by atoms with E-state index in [1.165, 1.54) is 18.2 Å². The van der Waals surface area contributed by atoms with Gasteiger partial charge in [0.25, 0.3) is 5.91 Å². The molecule has 6 nitrogen and oxygen atoms in total. The van der Waals surface area contributed by atoms with E-state index in [9.17, 15) is 14.4 Å². The first-order valence-corrected chi connectivity index (χ1v) is 6.24. The molecule has 108 valence electrons. The minimum Gasteiger partial charge on any atom is -0.481 e. The topological polar surface area (TPSA) is 104 Å². The molecule has 20 heavy (non-hydrogen) atoms. The van der Waals surface area contributed by atoms with Crippen LogP contribution in [-0.4, -0.2) is 34.6 Å². The zero-order valence-corrected chi connectivity index (χ0v) is 11.6. The van der Waals surface area contributed by atoms with Gasteiger partial charge in [0.2, 0.25) is 0 Å². The van der Waals surface area contributed by atoms with E-state index in [1.807, 2.05) is 0 Å². The van der Waals surface area contributed by atoms with Gasteiger partial charge in [-0.25, -0.2) is 0 Å². The maximum absolute atomic E-state index is 11.8. The lowest BCUT2D eigenvalue weighted by molar-refractivity contribution is -0.148. The monoisotopic (exact) mass is 319 g/mol. The van der Waals surface area contributed by atoms with E-state index in [2.05, 4.69) is 5.32 Å². The fourth-order valence-corrected chi connectivity index (χ4v) is 1.94. The van der Waals surface area contributed by atoms with Crippen molar-refractivity contribution in [2.75, 3.05) is 6.54 Å². The van der Waals surface area contributed by atoms with Crippen LogP contribution in [0.3, 0.4) is 0 Å². The Kier molecular flexibility index (Phi) is 5.79. The molecule has 0 aromatic heterocycles. The number of rotatable bonds is 6. The van der Waals surface area contributed by atoms with Gasteiger partial charge in [0.15, 0.2) is 0 Å². The number of halogens is 2. The summed E-state index contributed by atoms with van der Waals surface area (Å²) in [5.41, 5.74) is 0.135. The number of benzene rings is 1. The van der Waals surface area contributed by atoms with Crippen molar-refractivity contribution in [3.05, 3.63) is 33.8 Å². The Morgan fingerprint density at radius 3 is 2.35 bits per heavy atom. The lowest BCUT2D eigenvalue weighted by Gasteiger charge is -2.12. The van der Waals surface area contributed by atoms with Gasteiger partial charge in [0.1, 0.15) is 0 Å². The molecule has 8 heteroatoms. The van der Waals surface area contributed by atoms with Crippen molar-refractivity contribution in [1.29, 1.82) is 0 Å². The molecule has 1 unspecified atom stereocenters. The van der Waals surface area contributed by atoms with Crippen LogP contribution in [0, 0.1) is 5.92 Å². The van der Waals surface area contributed by atoms with E-state index in [4.69, 9.17) is 33.4 Å². The van der Waals surface area contributed by atoms with Crippen molar-refractivity contribution >= 4 is 41.0 Å². The molecule has 0 aliphatic heterocycles. The molecule has 0 bridgehead atoms. The minimum atomic E-state index is -1.30. The van der Waals surface area contributed by atoms with E-state index < -0.39 is 30.2 Å². The summed E-state index contributed by atoms with van der Waals surface area (Å²) in [7, 11) is 0. The number of carbonyl (C=O) groups is 3. The summed E-state index contributed by atoms with van der Waals surface area (Å²) in [6.45, 7) is -0.306. The van der Waals surface area contributed by atoms with Gasteiger partial charge in [-0.2, -0.15) is 0 Å². The summed E-state index contributed by atoms with van der Waals surface area (Å²) in [6.07, 6.45) is -0.579. The number of amides is 1. The Balaban J connectivity index is 2.70. The van der Waals surface area contributed by atoms with E-state index in [1.54, 1.807) is 0 Å². The van der Waals surface area contributed by atoms with Crippen molar-refractivity contribution in [1.82, 2.24) is 5.32 Å². The largest absolute Gasteiger partial charge is 0.481 e. The van der Waals surface area contributed by atoms with Gasteiger partial charge in [-0.05, 0) is 18.2 Å². The van der Waals surface area contributed by atoms with Gasteiger partial charge in [-0.1, -0.05) is 23.2 Å². The number of carboxylic acids is 2. The molecule has 1 rings (SSSR count). The average molecular weight is 320 g/mol. The second kappa shape index (κ2) is 7.12. The van der Waals surface area contributed by atoms with Crippen LogP contribution < -0.4 is 5.32 Å². The lowest BCUT2D eigenvalue weighted by Crippen LogP contribution is -2.34. The zero-order valence-electron chi connectivity index (χ0n) is 10.1. The first kappa shape index (κ1) is 16.3. The van der Waals surface area contributed by atoms with Crippen molar-refractivity contribution in [3.63, 3.8) is 0 Å². The predicted molar refractivity (Wildman–Crippen MR) is 72.2 cm³/mol. The van der Waals surface area contributed by atoms with Gasteiger partial charge in [0, 0.05) is 11.6 Å². The first-order chi connectivity index (χ1) is 9.31. The molecule has 0 heterocycles. The molecule has 0 aliphatic rings. The highest BCUT2D eigenvalue weighted by molar-refractivity contribution is 6.36. The SMILES string of the molecule is O=C(O)CC(CNC(=O)c1ccc(Cl)cc1Cl)C(=O)O. The second-order valence-electron chi connectivity index (χ2n) is 3.97. The number of aliphatic carboxylic acids is 2. The first-order valence-electron chi connectivity index (χ1n) is 5.49. The number of carboxylic acid groups (broad SMARTS) is 2. The Hall–Kier alpha value is -1.79. The molecule has 0 saturated heterocycles. The summed E-state index contributed by atoms with van der Waals surface area (Å²) in [5.74, 6) is -4.35. The zero-order chi connectivity index (χ0) is 15.3. The summed E-state index contributed by atoms with van der Waals surface area (Å²) in [6, 6.07) is 4.24. The van der Waals surface area contributed by atoms with Crippen molar-refractivity contribution in [3.8, 4) is 0 Å². The van der Waals surface area contributed by atoms with E-state index >= 15 is 0 Å². The molecule has 0 fully saturated rings. The fraction of sp³-hybridized carbons (Fsp3) is 0.250. The maximum Gasteiger partial charge on any atom is 0.308 e. The molecule has 1 amide bonds. The summed E-state index contributed by atoms with van der Waals surface area (Å²) >= 11 is 11.5. The van der Waals surface area contributed by atoms with Crippen LogP contribution in [0.5, 0.6) is 0 Å². The molecular weight excluding hydrogens is 309 g/mol. The number of hydrogen-bond acceptors (Lipinski definition) is 3. The van der Waals surface area contributed by atoms with Gasteiger partial charge in [0.05, 0.1) is 22.9 Å². The average Bonchev–Trinajstić information content (AvgIpc) is 2.33. The molecule has 1 aromatic rings. The third kappa shape index (κ3) is 4.71. The highest BCUT2D eigenvalue weighted by Crippen LogP contribution is 2.20. The Morgan fingerprint density at radius 2 is 1.85 bits per heavy atom. The lowest BCUT2D eigenvalue weighted by atomic mass is 10.1. The van der Waals surface area contributed by atoms with E-state index in [0.717, 1.165) is 0 Å². The Labute approximate surface area is 124 Å². The van der Waals surface area contributed by atoms with Crippen molar-refractivity contribution in [2.24, 2.45) is 5.92 Å². The van der Waals surface area contributed by atoms with Crippen LogP contribution in [0.1, 0.15) is 16.8 Å². The molecule has 1 atom stereocenters. The number of hydrogen-bond donors (Lipinski definition) is 3. The second-order valence-corrected chi connectivity index (χ2v) is 4.81. The molecule has 0 spiro atoms. The van der Waals surface area contributed by atoms with Crippen LogP contribution in [-0.2, 0) is 9.59 Å².